The van der Waals surface area contributed by atoms with Gasteiger partial charge in [0.05, 0.1) is 19.0 Å². The van der Waals surface area contributed by atoms with E-state index in [-0.39, 0.29) is 5.91 Å². The van der Waals surface area contributed by atoms with Crippen LogP contribution in [0.15, 0.2) is 65.5 Å². The van der Waals surface area contributed by atoms with Gasteiger partial charge in [0, 0.05) is 23.9 Å². The van der Waals surface area contributed by atoms with Crippen LogP contribution in [-0.2, 0) is 4.79 Å². The van der Waals surface area contributed by atoms with E-state index in [1.165, 1.54) is 6.20 Å². The summed E-state index contributed by atoms with van der Waals surface area (Å²) in [5.41, 5.74) is 6.15. The first-order valence-corrected chi connectivity index (χ1v) is 12.0. The number of amides is 1. The topological polar surface area (TPSA) is 105 Å². The Hall–Kier alpha value is -4.17. The summed E-state index contributed by atoms with van der Waals surface area (Å²) in [6, 6.07) is 11.2. The number of hydrogen-bond donors (Lipinski definition) is 3. The number of aryl methyl sites for hydroxylation is 1. The molecule has 2 aromatic carbocycles. The molecule has 0 radical (unpaired) electrons. The molecule has 3 N–H and O–H groups in total. The van der Waals surface area contributed by atoms with E-state index in [0.717, 1.165) is 28.5 Å². The lowest BCUT2D eigenvalue weighted by atomic mass is 9.98. The molecule has 1 aromatic heterocycles. The summed E-state index contributed by atoms with van der Waals surface area (Å²) in [5.74, 6) is 1.12. The third kappa shape index (κ3) is 6.34. The van der Waals surface area contributed by atoms with Gasteiger partial charge in [0.15, 0.2) is 12.1 Å². The van der Waals surface area contributed by atoms with Gasteiger partial charge in [0.1, 0.15) is 10.8 Å². The molecule has 1 amide bonds. The molecular formula is C28H30ClN5O3. The fourth-order valence-corrected chi connectivity index (χ4v) is 3.86. The number of nitrogens with zero attached hydrogens (tertiary/aromatic N) is 2. The zero-order valence-electron chi connectivity index (χ0n) is 21.7. The van der Waals surface area contributed by atoms with Crippen LogP contribution in [0.4, 0.5) is 17.5 Å². The van der Waals surface area contributed by atoms with Crippen molar-refractivity contribution < 1.29 is 14.3 Å². The van der Waals surface area contributed by atoms with Crippen molar-refractivity contribution in [2.45, 2.75) is 27.7 Å². The normalized spacial score (nSPS) is 11.9. The maximum atomic E-state index is 11.9. The highest BCUT2D eigenvalue weighted by Crippen LogP contribution is 2.35. The lowest BCUT2D eigenvalue weighted by Crippen LogP contribution is -2.17. The van der Waals surface area contributed by atoms with Gasteiger partial charge in [-0.15, -0.1) is 0 Å². The van der Waals surface area contributed by atoms with E-state index in [2.05, 4.69) is 25.9 Å². The smallest absolute Gasteiger partial charge is 0.251 e. The molecule has 0 spiro atoms. The quantitative estimate of drug-likeness (QED) is 0.179. The van der Waals surface area contributed by atoms with E-state index in [1.807, 2.05) is 51.1 Å². The number of carbonyl (C=O) groups excluding carboxylic acids is 2. The van der Waals surface area contributed by atoms with Crippen molar-refractivity contribution in [2.75, 3.05) is 24.8 Å². The number of anilines is 3. The molecule has 192 valence electrons. The van der Waals surface area contributed by atoms with E-state index in [9.17, 15) is 9.59 Å². The number of hydrogen-bond acceptors (Lipinski definition) is 7. The molecule has 0 aliphatic heterocycles. The second kappa shape index (κ2) is 12.2. The number of ether oxygens (including phenoxy) is 1. The van der Waals surface area contributed by atoms with Gasteiger partial charge in [-0.2, -0.15) is 4.98 Å². The molecule has 0 bridgehead atoms. The molecule has 8 nitrogen and oxygen atoms in total. The summed E-state index contributed by atoms with van der Waals surface area (Å²) < 4.78 is 5.64. The van der Waals surface area contributed by atoms with Crippen molar-refractivity contribution in [3.05, 3.63) is 81.7 Å². The molecule has 1 heterocycles. The van der Waals surface area contributed by atoms with E-state index < -0.39 is 0 Å². The highest BCUT2D eigenvalue weighted by Gasteiger charge is 2.14. The molecule has 37 heavy (non-hydrogen) atoms. The molecule has 0 atom stereocenters. The number of allylic oxidation sites excluding steroid dienone is 4. The summed E-state index contributed by atoms with van der Waals surface area (Å²) in [4.78, 5) is 32.2. The first-order valence-electron chi connectivity index (χ1n) is 11.6. The Morgan fingerprint density at radius 3 is 2.43 bits per heavy atom. The van der Waals surface area contributed by atoms with Crippen LogP contribution < -0.4 is 20.7 Å². The van der Waals surface area contributed by atoms with E-state index in [4.69, 9.17) is 16.3 Å². The lowest BCUT2D eigenvalue weighted by Gasteiger charge is -2.16. The van der Waals surface area contributed by atoms with Gasteiger partial charge in [0.25, 0.3) is 5.91 Å². The van der Waals surface area contributed by atoms with Crippen molar-refractivity contribution in [3.63, 3.8) is 0 Å². The molecule has 9 heteroatoms. The van der Waals surface area contributed by atoms with Gasteiger partial charge in [-0.1, -0.05) is 29.8 Å². The minimum atomic E-state index is -0.137. The van der Waals surface area contributed by atoms with Crippen molar-refractivity contribution in [3.8, 4) is 16.9 Å². The molecule has 0 saturated heterocycles. The maximum absolute atomic E-state index is 11.9. The Morgan fingerprint density at radius 1 is 1.14 bits per heavy atom. The largest absolute Gasteiger partial charge is 0.495 e. The standard InChI is InChI=1S/C28H30ClN5O3/c1-7-16(2)22(15-35)18(4)32-26-23(29)14-31-28(34-26)33-24-12-17(3)21(13-25(24)37-6)19-8-10-20(11-9-19)27(36)30-5/h7-15H,1-6H3,(H,30,36)(H2,31,32,33,34)/b16-7-,22-18+. The summed E-state index contributed by atoms with van der Waals surface area (Å²) in [6.07, 6.45) is 4.14. The van der Waals surface area contributed by atoms with Crippen LogP contribution in [0, 0.1) is 6.92 Å². The van der Waals surface area contributed by atoms with E-state index >= 15 is 0 Å². The highest BCUT2D eigenvalue weighted by molar-refractivity contribution is 6.32. The van der Waals surface area contributed by atoms with Crippen molar-refractivity contribution >= 4 is 41.2 Å². The number of aromatic nitrogens is 2. The van der Waals surface area contributed by atoms with Crippen LogP contribution in [0.1, 0.15) is 36.7 Å². The highest BCUT2D eigenvalue weighted by atomic mass is 35.5. The SMILES string of the molecule is C/C=C(C)\C(C=O)=C(/C)Nc1nc(Nc2cc(C)c(-c3ccc(C(=O)NC)cc3)cc2OC)ncc1Cl. The maximum Gasteiger partial charge on any atom is 0.251 e. The molecular weight excluding hydrogens is 490 g/mol. The average molecular weight is 520 g/mol. The fraction of sp³-hybridized carbons (Fsp3) is 0.214. The second-order valence-corrected chi connectivity index (χ2v) is 8.70. The number of benzene rings is 2. The number of carbonyl (C=O) groups is 2. The lowest BCUT2D eigenvalue weighted by molar-refractivity contribution is -0.104. The van der Waals surface area contributed by atoms with Crippen LogP contribution in [0.5, 0.6) is 5.75 Å². The summed E-state index contributed by atoms with van der Waals surface area (Å²) in [6.45, 7) is 7.50. The molecule has 0 saturated carbocycles. The molecule has 0 fully saturated rings. The summed E-state index contributed by atoms with van der Waals surface area (Å²) >= 11 is 6.33. The Kier molecular flexibility index (Phi) is 9.03. The Morgan fingerprint density at radius 2 is 1.84 bits per heavy atom. The number of halogens is 1. The molecule has 3 rings (SSSR count). The minimum Gasteiger partial charge on any atom is -0.495 e. The Bertz CT molecular complexity index is 1380. The molecule has 3 aromatic rings. The van der Waals surface area contributed by atoms with Gasteiger partial charge >= 0.3 is 0 Å². The number of methoxy groups -OCH3 is 1. The van der Waals surface area contributed by atoms with Gasteiger partial charge in [-0.3, -0.25) is 9.59 Å². The molecule has 0 aliphatic carbocycles. The van der Waals surface area contributed by atoms with Crippen molar-refractivity contribution in [1.29, 1.82) is 0 Å². The fourth-order valence-electron chi connectivity index (χ4n) is 3.72. The van der Waals surface area contributed by atoms with Gasteiger partial charge in [-0.05, 0) is 74.2 Å². The first kappa shape index (κ1) is 27.4. The van der Waals surface area contributed by atoms with Crippen LogP contribution in [0.25, 0.3) is 11.1 Å². The van der Waals surface area contributed by atoms with Crippen molar-refractivity contribution in [2.24, 2.45) is 0 Å². The predicted octanol–water partition coefficient (Wildman–Crippen LogP) is 6.07. The minimum absolute atomic E-state index is 0.137. The van der Waals surface area contributed by atoms with Crippen LogP contribution in [0.2, 0.25) is 5.02 Å². The predicted molar refractivity (Wildman–Crippen MR) is 149 cm³/mol. The second-order valence-electron chi connectivity index (χ2n) is 8.29. The number of nitrogens with one attached hydrogen (secondary N) is 3. The third-order valence-corrected chi connectivity index (χ3v) is 6.18. The van der Waals surface area contributed by atoms with Crippen molar-refractivity contribution in [1.82, 2.24) is 15.3 Å². The molecule has 0 aliphatic rings. The Balaban J connectivity index is 1.92. The Labute approximate surface area is 221 Å². The number of aldehydes is 1. The zero-order valence-corrected chi connectivity index (χ0v) is 22.4. The van der Waals surface area contributed by atoms with Crippen LogP contribution in [0.3, 0.4) is 0 Å². The van der Waals surface area contributed by atoms with Gasteiger partial charge in [-0.25, -0.2) is 4.98 Å². The summed E-state index contributed by atoms with van der Waals surface area (Å²) in [7, 11) is 3.19. The third-order valence-electron chi connectivity index (χ3n) is 5.91. The summed E-state index contributed by atoms with van der Waals surface area (Å²) in [5, 5.41) is 9.25. The average Bonchev–Trinajstić information content (AvgIpc) is 2.90. The molecule has 0 unspecified atom stereocenters. The first-order chi connectivity index (χ1) is 17.7. The van der Waals surface area contributed by atoms with E-state index in [0.29, 0.717) is 45.1 Å². The number of rotatable bonds is 9. The van der Waals surface area contributed by atoms with Gasteiger partial charge < -0.3 is 20.7 Å². The van der Waals surface area contributed by atoms with Crippen LogP contribution in [-0.4, -0.2) is 36.3 Å². The van der Waals surface area contributed by atoms with Gasteiger partial charge in [0.2, 0.25) is 5.95 Å². The van der Waals surface area contributed by atoms with E-state index in [1.54, 1.807) is 33.2 Å². The monoisotopic (exact) mass is 519 g/mol. The van der Waals surface area contributed by atoms with Crippen LogP contribution >= 0.6 is 11.6 Å². The zero-order chi connectivity index (χ0) is 27.1.